The van der Waals surface area contributed by atoms with Gasteiger partial charge in [-0.3, -0.25) is 4.98 Å². The van der Waals surface area contributed by atoms with Gasteiger partial charge in [-0.05, 0) is 43.9 Å². The average Bonchev–Trinajstić information content (AvgIpc) is 2.97. The molecule has 0 saturated heterocycles. The largest absolute Gasteiger partial charge is 0.310 e. The SMILES string of the molecule is CC(NCC1CC1)c1cncc(F)c1. The molecule has 1 aromatic heterocycles. The van der Waals surface area contributed by atoms with Gasteiger partial charge in [-0.25, -0.2) is 4.39 Å². The quantitative estimate of drug-likeness (QED) is 0.795. The first-order valence-corrected chi connectivity index (χ1v) is 5.09. The Bertz CT molecular complexity index is 310. The number of halogens is 1. The van der Waals surface area contributed by atoms with E-state index < -0.39 is 0 Å². The standard InChI is InChI=1S/C11H15FN2/c1-8(14-5-9-2-3-9)10-4-11(12)7-13-6-10/h4,6-9,14H,2-3,5H2,1H3. The molecule has 1 heterocycles. The molecule has 1 N–H and O–H groups in total. The van der Waals surface area contributed by atoms with Crippen LogP contribution in [0.5, 0.6) is 0 Å². The number of pyridine rings is 1. The van der Waals surface area contributed by atoms with Crippen molar-refractivity contribution in [1.29, 1.82) is 0 Å². The van der Waals surface area contributed by atoms with Crippen LogP contribution in [-0.4, -0.2) is 11.5 Å². The molecule has 1 fully saturated rings. The zero-order chi connectivity index (χ0) is 9.97. The summed E-state index contributed by atoms with van der Waals surface area (Å²) in [6, 6.07) is 1.73. The monoisotopic (exact) mass is 194 g/mol. The van der Waals surface area contributed by atoms with Gasteiger partial charge in [0.05, 0.1) is 6.20 Å². The van der Waals surface area contributed by atoms with Crippen LogP contribution in [0.4, 0.5) is 4.39 Å². The molecule has 0 aliphatic heterocycles. The Morgan fingerprint density at radius 1 is 1.57 bits per heavy atom. The first kappa shape index (κ1) is 9.59. The summed E-state index contributed by atoms with van der Waals surface area (Å²) in [5, 5.41) is 3.38. The molecule has 1 saturated carbocycles. The van der Waals surface area contributed by atoms with Gasteiger partial charge in [0, 0.05) is 12.2 Å². The van der Waals surface area contributed by atoms with E-state index in [0.717, 1.165) is 18.0 Å². The van der Waals surface area contributed by atoms with Crippen molar-refractivity contribution in [2.75, 3.05) is 6.54 Å². The number of hydrogen-bond acceptors (Lipinski definition) is 2. The highest BCUT2D eigenvalue weighted by atomic mass is 19.1. The summed E-state index contributed by atoms with van der Waals surface area (Å²) in [4.78, 5) is 3.83. The molecule has 1 unspecified atom stereocenters. The van der Waals surface area contributed by atoms with Crippen molar-refractivity contribution in [3.63, 3.8) is 0 Å². The normalized spacial score (nSPS) is 18.1. The van der Waals surface area contributed by atoms with Gasteiger partial charge in [0.15, 0.2) is 0 Å². The molecule has 0 radical (unpaired) electrons. The highest BCUT2D eigenvalue weighted by molar-refractivity contribution is 5.14. The lowest BCUT2D eigenvalue weighted by Gasteiger charge is -2.13. The molecule has 0 amide bonds. The molecule has 3 heteroatoms. The zero-order valence-electron chi connectivity index (χ0n) is 8.33. The lowest BCUT2D eigenvalue weighted by molar-refractivity contribution is 0.540. The molecule has 1 aromatic rings. The molecule has 1 aliphatic carbocycles. The third-order valence-corrected chi connectivity index (χ3v) is 2.64. The molecule has 1 aliphatic rings. The molecule has 0 aromatic carbocycles. The van der Waals surface area contributed by atoms with Gasteiger partial charge >= 0.3 is 0 Å². The van der Waals surface area contributed by atoms with Crippen molar-refractivity contribution in [3.8, 4) is 0 Å². The van der Waals surface area contributed by atoms with E-state index in [-0.39, 0.29) is 11.9 Å². The molecule has 2 rings (SSSR count). The average molecular weight is 194 g/mol. The van der Waals surface area contributed by atoms with E-state index in [4.69, 9.17) is 0 Å². The van der Waals surface area contributed by atoms with Gasteiger partial charge in [0.2, 0.25) is 0 Å². The fraction of sp³-hybridized carbons (Fsp3) is 0.545. The second kappa shape index (κ2) is 4.05. The van der Waals surface area contributed by atoms with Gasteiger partial charge in [-0.2, -0.15) is 0 Å². The van der Waals surface area contributed by atoms with Crippen LogP contribution in [0.25, 0.3) is 0 Å². The van der Waals surface area contributed by atoms with E-state index in [1.807, 2.05) is 6.92 Å². The van der Waals surface area contributed by atoms with Crippen molar-refractivity contribution in [1.82, 2.24) is 10.3 Å². The number of rotatable bonds is 4. The van der Waals surface area contributed by atoms with Crippen molar-refractivity contribution < 1.29 is 4.39 Å². The Labute approximate surface area is 83.6 Å². The van der Waals surface area contributed by atoms with Crippen LogP contribution in [0.1, 0.15) is 31.4 Å². The van der Waals surface area contributed by atoms with Gasteiger partial charge < -0.3 is 5.32 Å². The Morgan fingerprint density at radius 2 is 2.36 bits per heavy atom. The molecular weight excluding hydrogens is 179 g/mol. The van der Waals surface area contributed by atoms with Gasteiger partial charge in [-0.1, -0.05) is 0 Å². The zero-order valence-corrected chi connectivity index (χ0v) is 8.33. The summed E-state index contributed by atoms with van der Waals surface area (Å²) in [7, 11) is 0. The molecule has 1 atom stereocenters. The minimum Gasteiger partial charge on any atom is -0.310 e. The number of aromatic nitrogens is 1. The predicted octanol–water partition coefficient (Wildman–Crippen LogP) is 2.28. The van der Waals surface area contributed by atoms with Crippen LogP contribution in [0.2, 0.25) is 0 Å². The van der Waals surface area contributed by atoms with Crippen LogP contribution in [0, 0.1) is 11.7 Å². The second-order valence-electron chi connectivity index (χ2n) is 4.01. The van der Waals surface area contributed by atoms with Crippen molar-refractivity contribution in [2.45, 2.75) is 25.8 Å². The van der Waals surface area contributed by atoms with E-state index in [2.05, 4.69) is 10.3 Å². The third kappa shape index (κ3) is 2.51. The number of nitrogens with one attached hydrogen (secondary N) is 1. The van der Waals surface area contributed by atoms with E-state index >= 15 is 0 Å². The minimum atomic E-state index is -0.262. The van der Waals surface area contributed by atoms with Crippen molar-refractivity contribution in [3.05, 3.63) is 29.8 Å². The fourth-order valence-corrected chi connectivity index (χ4v) is 1.45. The van der Waals surface area contributed by atoms with Crippen LogP contribution in [0.15, 0.2) is 18.5 Å². The van der Waals surface area contributed by atoms with E-state index in [1.165, 1.54) is 25.1 Å². The maximum absolute atomic E-state index is 12.8. The van der Waals surface area contributed by atoms with Gasteiger partial charge in [0.1, 0.15) is 5.82 Å². The Balaban J connectivity index is 1.91. The highest BCUT2D eigenvalue weighted by Crippen LogP contribution is 2.28. The van der Waals surface area contributed by atoms with E-state index in [9.17, 15) is 4.39 Å². The Hall–Kier alpha value is -0.960. The topological polar surface area (TPSA) is 24.9 Å². The molecular formula is C11H15FN2. The highest BCUT2D eigenvalue weighted by Gasteiger charge is 2.21. The Morgan fingerprint density at radius 3 is 3.00 bits per heavy atom. The van der Waals surface area contributed by atoms with Gasteiger partial charge in [0.25, 0.3) is 0 Å². The molecule has 0 spiro atoms. The van der Waals surface area contributed by atoms with Gasteiger partial charge in [-0.15, -0.1) is 0 Å². The lowest BCUT2D eigenvalue weighted by atomic mass is 10.1. The van der Waals surface area contributed by atoms with Crippen LogP contribution < -0.4 is 5.32 Å². The third-order valence-electron chi connectivity index (χ3n) is 2.64. The van der Waals surface area contributed by atoms with Crippen LogP contribution in [-0.2, 0) is 0 Å². The first-order valence-electron chi connectivity index (χ1n) is 5.09. The van der Waals surface area contributed by atoms with Crippen LogP contribution in [0.3, 0.4) is 0 Å². The number of nitrogens with zero attached hydrogens (tertiary/aromatic N) is 1. The summed E-state index contributed by atoms with van der Waals surface area (Å²) >= 11 is 0. The minimum absolute atomic E-state index is 0.193. The van der Waals surface area contributed by atoms with Crippen LogP contribution >= 0.6 is 0 Å². The maximum Gasteiger partial charge on any atom is 0.141 e. The predicted molar refractivity (Wildman–Crippen MR) is 53.3 cm³/mol. The van der Waals surface area contributed by atoms with E-state index in [0.29, 0.717) is 0 Å². The molecule has 2 nitrogen and oxygen atoms in total. The first-order chi connectivity index (χ1) is 6.75. The smallest absolute Gasteiger partial charge is 0.141 e. The van der Waals surface area contributed by atoms with E-state index in [1.54, 1.807) is 6.20 Å². The maximum atomic E-state index is 12.8. The summed E-state index contributed by atoms with van der Waals surface area (Å²) in [6.45, 7) is 3.08. The summed E-state index contributed by atoms with van der Waals surface area (Å²) < 4.78 is 12.8. The summed E-state index contributed by atoms with van der Waals surface area (Å²) in [5.41, 5.74) is 0.922. The summed E-state index contributed by atoms with van der Waals surface area (Å²) in [6.07, 6.45) is 5.62. The Kier molecular flexibility index (Phi) is 2.77. The summed E-state index contributed by atoms with van der Waals surface area (Å²) in [5.74, 6) is 0.585. The molecule has 76 valence electrons. The number of hydrogen-bond donors (Lipinski definition) is 1. The van der Waals surface area contributed by atoms with Crippen molar-refractivity contribution in [2.24, 2.45) is 5.92 Å². The molecule has 0 bridgehead atoms. The molecule has 14 heavy (non-hydrogen) atoms. The van der Waals surface area contributed by atoms with Crippen molar-refractivity contribution >= 4 is 0 Å². The second-order valence-corrected chi connectivity index (χ2v) is 4.01. The lowest BCUT2D eigenvalue weighted by Crippen LogP contribution is -2.21. The fourth-order valence-electron chi connectivity index (χ4n) is 1.45.